The van der Waals surface area contributed by atoms with Crippen LogP contribution in [0.4, 0.5) is 22.0 Å². The Morgan fingerprint density at radius 1 is 1.16 bits per heavy atom. The molecule has 0 atom stereocenters. The summed E-state index contributed by atoms with van der Waals surface area (Å²) in [5.41, 5.74) is 1.45. The maximum Gasteiger partial charge on any atom is 0.410 e. The second kappa shape index (κ2) is 9.68. The second-order valence-electron chi connectivity index (χ2n) is 10.1. The van der Waals surface area contributed by atoms with E-state index in [0.717, 1.165) is 12.8 Å². The number of anilines is 3. The topological polar surface area (TPSA) is 136 Å². The second-order valence-corrected chi connectivity index (χ2v) is 10.1. The van der Waals surface area contributed by atoms with Crippen LogP contribution in [0.25, 0.3) is 11.4 Å². The number of rotatable bonds is 6. The first-order valence-electron chi connectivity index (χ1n) is 12.2. The van der Waals surface area contributed by atoms with E-state index >= 15 is 0 Å². The van der Waals surface area contributed by atoms with Crippen molar-refractivity contribution >= 4 is 29.2 Å². The third-order valence-corrected chi connectivity index (χ3v) is 5.91. The van der Waals surface area contributed by atoms with Gasteiger partial charge in [0.15, 0.2) is 17.4 Å². The lowest BCUT2D eigenvalue weighted by Crippen LogP contribution is -2.41. The van der Waals surface area contributed by atoms with Gasteiger partial charge in [-0.15, -0.1) is 5.10 Å². The SMILES string of the molecule is COc1c(Nc2cnnc(NC(=O)C3CC3)c2)cccc1-c1nc2n(n1)CCN(C(=O)OC(C)(C)C)C2. The summed E-state index contributed by atoms with van der Waals surface area (Å²) in [6.07, 6.45) is 3.01. The van der Waals surface area contributed by atoms with E-state index in [1.54, 1.807) is 29.0 Å². The third kappa shape index (κ3) is 5.63. The van der Waals surface area contributed by atoms with Crippen molar-refractivity contribution in [2.24, 2.45) is 5.92 Å². The van der Waals surface area contributed by atoms with Crippen molar-refractivity contribution in [3.63, 3.8) is 0 Å². The lowest BCUT2D eigenvalue weighted by atomic mass is 10.1. The maximum absolute atomic E-state index is 12.5. The van der Waals surface area contributed by atoms with Crippen LogP contribution in [0.15, 0.2) is 30.5 Å². The highest BCUT2D eigenvalue weighted by molar-refractivity contribution is 5.93. The summed E-state index contributed by atoms with van der Waals surface area (Å²) in [4.78, 5) is 30.9. The molecule has 1 fully saturated rings. The van der Waals surface area contributed by atoms with Gasteiger partial charge in [-0.1, -0.05) is 6.07 Å². The molecule has 2 aliphatic rings. The van der Waals surface area contributed by atoms with Gasteiger partial charge in [-0.05, 0) is 45.7 Å². The number of amides is 2. The summed E-state index contributed by atoms with van der Waals surface area (Å²) in [5.74, 6) is 2.13. The number of hydrogen-bond donors (Lipinski definition) is 2. The van der Waals surface area contributed by atoms with Crippen molar-refractivity contribution in [2.75, 3.05) is 24.3 Å². The molecule has 0 bridgehead atoms. The molecule has 0 spiro atoms. The molecule has 1 aliphatic carbocycles. The van der Waals surface area contributed by atoms with Crippen LogP contribution in [-0.4, -0.2) is 61.1 Å². The smallest absolute Gasteiger partial charge is 0.410 e. The van der Waals surface area contributed by atoms with Crippen molar-refractivity contribution in [3.8, 4) is 17.1 Å². The van der Waals surface area contributed by atoms with E-state index in [9.17, 15) is 9.59 Å². The predicted octanol–water partition coefficient (Wildman–Crippen LogP) is 3.59. The van der Waals surface area contributed by atoms with Crippen LogP contribution >= 0.6 is 0 Å². The Balaban J connectivity index is 1.35. The summed E-state index contributed by atoms with van der Waals surface area (Å²) in [6, 6.07) is 7.34. The number of carbonyl (C=O) groups is 2. The molecule has 194 valence electrons. The van der Waals surface area contributed by atoms with E-state index in [4.69, 9.17) is 14.5 Å². The summed E-state index contributed by atoms with van der Waals surface area (Å²) >= 11 is 0. The van der Waals surface area contributed by atoms with Crippen molar-refractivity contribution in [2.45, 2.75) is 52.3 Å². The molecule has 1 aromatic carbocycles. The normalized spacial score (nSPS) is 15.1. The predicted molar refractivity (Wildman–Crippen MR) is 135 cm³/mol. The quantitative estimate of drug-likeness (QED) is 0.514. The maximum atomic E-state index is 12.5. The fourth-order valence-corrected chi connectivity index (χ4v) is 3.99. The first-order valence-corrected chi connectivity index (χ1v) is 12.2. The zero-order chi connectivity index (χ0) is 26.2. The van der Waals surface area contributed by atoms with Crippen LogP contribution in [0.5, 0.6) is 5.75 Å². The minimum Gasteiger partial charge on any atom is -0.494 e. The summed E-state index contributed by atoms with van der Waals surface area (Å²) in [6.45, 7) is 6.83. The largest absolute Gasteiger partial charge is 0.494 e. The number of aromatic nitrogens is 5. The van der Waals surface area contributed by atoms with Gasteiger partial charge in [0.25, 0.3) is 0 Å². The van der Waals surface area contributed by atoms with Crippen molar-refractivity contribution in [1.82, 2.24) is 29.9 Å². The number of ether oxygens (including phenoxy) is 2. The van der Waals surface area contributed by atoms with Gasteiger partial charge in [0.05, 0.1) is 43.3 Å². The fraction of sp³-hybridized carbons (Fsp3) is 0.440. The molecular formula is C25H30N8O4. The van der Waals surface area contributed by atoms with Crippen molar-refractivity contribution in [3.05, 3.63) is 36.3 Å². The van der Waals surface area contributed by atoms with Crippen molar-refractivity contribution in [1.29, 1.82) is 0 Å². The first-order chi connectivity index (χ1) is 17.7. The molecule has 12 nitrogen and oxygen atoms in total. The zero-order valence-electron chi connectivity index (χ0n) is 21.3. The molecule has 1 saturated carbocycles. The summed E-state index contributed by atoms with van der Waals surface area (Å²) < 4.78 is 13.0. The Morgan fingerprint density at radius 3 is 2.70 bits per heavy atom. The average molecular weight is 507 g/mol. The lowest BCUT2D eigenvalue weighted by Gasteiger charge is -2.29. The summed E-state index contributed by atoms with van der Waals surface area (Å²) in [7, 11) is 1.58. The fourth-order valence-electron chi connectivity index (χ4n) is 3.99. The molecule has 2 N–H and O–H groups in total. The molecule has 2 amide bonds. The van der Waals surface area contributed by atoms with Crippen LogP contribution < -0.4 is 15.4 Å². The Labute approximate surface area is 214 Å². The van der Waals surface area contributed by atoms with Crippen LogP contribution in [0, 0.1) is 5.92 Å². The monoisotopic (exact) mass is 506 g/mol. The highest BCUT2D eigenvalue weighted by Crippen LogP contribution is 2.37. The molecule has 1 aliphatic heterocycles. The number of methoxy groups -OCH3 is 1. The average Bonchev–Trinajstić information content (AvgIpc) is 3.62. The highest BCUT2D eigenvalue weighted by atomic mass is 16.6. The molecule has 5 rings (SSSR count). The molecule has 3 aromatic rings. The standard InChI is InChI=1S/C25H30N8O4/c1-25(2,3)37-24(35)32-10-11-33-20(14-32)29-22(31-33)17-6-5-7-18(21(17)36-4)27-16-12-19(30-26-13-16)28-23(34)15-8-9-15/h5-7,12-13,15H,8-11,14H2,1-4H3,(H2,27,28,30,34). The molecule has 12 heteroatoms. The molecule has 0 saturated heterocycles. The van der Waals surface area contributed by atoms with Crippen LogP contribution in [0.3, 0.4) is 0 Å². The Kier molecular flexibility index (Phi) is 6.40. The molecule has 0 unspecified atom stereocenters. The molecule has 3 heterocycles. The first kappa shape index (κ1) is 24.5. The number of fused-ring (bicyclic) bond motifs is 1. The van der Waals surface area contributed by atoms with Gasteiger partial charge in [-0.25, -0.2) is 14.5 Å². The van der Waals surface area contributed by atoms with E-state index < -0.39 is 5.60 Å². The van der Waals surface area contributed by atoms with E-state index in [-0.39, 0.29) is 17.9 Å². The number of para-hydroxylation sites is 1. The lowest BCUT2D eigenvalue weighted by molar-refractivity contribution is -0.117. The van der Waals surface area contributed by atoms with Gasteiger partial charge in [-0.2, -0.15) is 10.2 Å². The van der Waals surface area contributed by atoms with E-state index in [2.05, 4.69) is 25.9 Å². The molecular weight excluding hydrogens is 476 g/mol. The highest BCUT2D eigenvalue weighted by Gasteiger charge is 2.30. The van der Waals surface area contributed by atoms with Gasteiger partial charge in [0.1, 0.15) is 11.4 Å². The van der Waals surface area contributed by atoms with Crippen LogP contribution in [0.1, 0.15) is 39.4 Å². The van der Waals surface area contributed by atoms with Crippen LogP contribution in [0.2, 0.25) is 0 Å². The minimum atomic E-state index is -0.567. The Hall–Kier alpha value is -4.22. The zero-order valence-corrected chi connectivity index (χ0v) is 21.3. The van der Waals surface area contributed by atoms with Gasteiger partial charge >= 0.3 is 6.09 Å². The molecule has 0 radical (unpaired) electrons. The van der Waals surface area contributed by atoms with E-state index in [1.807, 2.05) is 39.0 Å². The minimum absolute atomic E-state index is 0.0360. The number of hydrogen-bond acceptors (Lipinski definition) is 9. The Morgan fingerprint density at radius 2 is 1.97 bits per heavy atom. The van der Waals surface area contributed by atoms with Gasteiger partial charge in [-0.3, -0.25) is 9.69 Å². The van der Waals surface area contributed by atoms with Crippen molar-refractivity contribution < 1.29 is 19.1 Å². The number of nitrogens with zero attached hydrogens (tertiary/aromatic N) is 6. The van der Waals surface area contributed by atoms with Gasteiger partial charge < -0.3 is 20.1 Å². The number of nitrogens with one attached hydrogen (secondary N) is 2. The number of benzene rings is 1. The third-order valence-electron chi connectivity index (χ3n) is 5.91. The van der Waals surface area contributed by atoms with Gasteiger partial charge in [0.2, 0.25) is 5.91 Å². The summed E-state index contributed by atoms with van der Waals surface area (Å²) in [5, 5.41) is 18.8. The van der Waals surface area contributed by atoms with Crippen LogP contribution in [-0.2, 0) is 22.6 Å². The van der Waals surface area contributed by atoms with E-state index in [1.165, 1.54) is 0 Å². The van der Waals surface area contributed by atoms with E-state index in [0.29, 0.717) is 59.8 Å². The molecule has 37 heavy (non-hydrogen) atoms. The number of carbonyl (C=O) groups excluding carboxylic acids is 2. The molecule has 2 aromatic heterocycles. The Bertz CT molecular complexity index is 1330. The van der Waals surface area contributed by atoms with Gasteiger partial charge in [0, 0.05) is 18.5 Å².